The van der Waals surface area contributed by atoms with Gasteiger partial charge in [0.2, 0.25) is 0 Å². The van der Waals surface area contributed by atoms with Crippen LogP contribution in [-0.4, -0.2) is 48.0 Å². The molecule has 1 unspecified atom stereocenters. The average Bonchev–Trinajstić information content (AvgIpc) is 2.89. The molecule has 3 rings (SSSR count). The van der Waals surface area contributed by atoms with Crippen LogP contribution in [0.4, 0.5) is 5.69 Å². The van der Waals surface area contributed by atoms with Crippen molar-refractivity contribution in [3.05, 3.63) is 29.5 Å². The van der Waals surface area contributed by atoms with E-state index >= 15 is 0 Å². The molecular weight excluding hydrogens is 318 g/mol. The normalized spacial score (nSPS) is 15.6. The number of ether oxygens (including phenoxy) is 1. The van der Waals surface area contributed by atoms with E-state index in [1.165, 1.54) is 5.69 Å². The molecule has 0 bridgehead atoms. The highest BCUT2D eigenvalue weighted by Gasteiger charge is 2.22. The van der Waals surface area contributed by atoms with E-state index in [2.05, 4.69) is 21.6 Å². The van der Waals surface area contributed by atoms with Crippen molar-refractivity contribution in [2.45, 2.75) is 33.2 Å². The molecule has 6 nitrogen and oxygen atoms in total. The molecule has 6 heteroatoms. The van der Waals surface area contributed by atoms with Gasteiger partial charge < -0.3 is 25.0 Å². The largest absolute Gasteiger partial charge is 0.480 e. The Hall–Kier alpha value is -2.05. The maximum absolute atomic E-state index is 11.1. The Kier molecular flexibility index (Phi) is 6.45. The summed E-state index contributed by atoms with van der Waals surface area (Å²) < 4.78 is 7.58. The first kappa shape index (κ1) is 19.3. The van der Waals surface area contributed by atoms with Crippen molar-refractivity contribution >= 4 is 22.6 Å². The number of aromatic nitrogens is 1. The molecule has 0 radical (unpaired) electrons. The lowest BCUT2D eigenvalue weighted by Crippen LogP contribution is -2.36. The number of carbonyl (C=O) groups is 1. The molecule has 1 aromatic heterocycles. The number of anilines is 1. The number of fused-ring (bicyclic) bond motifs is 1. The van der Waals surface area contributed by atoms with Gasteiger partial charge in [-0.05, 0) is 18.6 Å². The average molecular weight is 347 g/mol. The molecule has 0 saturated carbocycles. The summed E-state index contributed by atoms with van der Waals surface area (Å²) in [4.78, 5) is 13.4. The Morgan fingerprint density at radius 2 is 1.96 bits per heavy atom. The Labute approximate surface area is 149 Å². The number of aliphatic carboxylic acids is 1. The Bertz CT molecular complexity index is 733. The SMILES string of the molecule is CC.Cc1c(CC(N)C(=O)O)c2cccc(N3CCOCC3)c2n1C. The summed E-state index contributed by atoms with van der Waals surface area (Å²) in [7, 11) is 2.03. The van der Waals surface area contributed by atoms with Gasteiger partial charge >= 0.3 is 5.97 Å². The Balaban J connectivity index is 0.00000109. The lowest BCUT2D eigenvalue weighted by Gasteiger charge is -2.29. The fourth-order valence-corrected chi connectivity index (χ4v) is 3.32. The minimum absolute atomic E-state index is 0.338. The number of aryl methyl sites for hydroxylation is 1. The molecule has 1 aromatic carbocycles. The van der Waals surface area contributed by atoms with Crippen LogP contribution in [0.15, 0.2) is 18.2 Å². The number of hydrogen-bond donors (Lipinski definition) is 2. The third-order valence-corrected chi connectivity index (χ3v) is 4.71. The van der Waals surface area contributed by atoms with Gasteiger partial charge in [0.1, 0.15) is 6.04 Å². The molecule has 1 aliphatic heterocycles. The van der Waals surface area contributed by atoms with Gasteiger partial charge in [0.15, 0.2) is 0 Å². The van der Waals surface area contributed by atoms with Crippen LogP contribution in [0.2, 0.25) is 0 Å². The van der Waals surface area contributed by atoms with Crippen molar-refractivity contribution in [1.82, 2.24) is 4.57 Å². The predicted octanol–water partition coefficient (Wildman–Crippen LogP) is 2.30. The van der Waals surface area contributed by atoms with Crippen molar-refractivity contribution in [2.75, 3.05) is 31.2 Å². The van der Waals surface area contributed by atoms with Gasteiger partial charge in [0.05, 0.1) is 24.4 Å². The number of para-hydroxylation sites is 1. The summed E-state index contributed by atoms with van der Waals surface area (Å²) in [6.07, 6.45) is 0.338. The Morgan fingerprint density at radius 1 is 1.32 bits per heavy atom. The van der Waals surface area contributed by atoms with Gasteiger partial charge in [-0.25, -0.2) is 0 Å². The second kappa shape index (κ2) is 8.36. The van der Waals surface area contributed by atoms with Crippen LogP contribution in [0, 0.1) is 6.92 Å². The molecule has 25 heavy (non-hydrogen) atoms. The zero-order chi connectivity index (χ0) is 18.6. The molecule has 2 heterocycles. The van der Waals surface area contributed by atoms with Crippen LogP contribution in [-0.2, 0) is 23.0 Å². The predicted molar refractivity (Wildman–Crippen MR) is 101 cm³/mol. The van der Waals surface area contributed by atoms with Crippen LogP contribution >= 0.6 is 0 Å². The summed E-state index contributed by atoms with van der Waals surface area (Å²) in [6, 6.07) is 5.32. The van der Waals surface area contributed by atoms with Crippen LogP contribution < -0.4 is 10.6 Å². The van der Waals surface area contributed by atoms with Crippen LogP contribution in [0.3, 0.4) is 0 Å². The highest BCUT2D eigenvalue weighted by Crippen LogP contribution is 2.33. The number of carboxylic acids is 1. The first-order valence-corrected chi connectivity index (χ1v) is 8.88. The van der Waals surface area contributed by atoms with Gasteiger partial charge in [0.25, 0.3) is 0 Å². The molecular formula is C19H29N3O3. The van der Waals surface area contributed by atoms with Crippen molar-refractivity contribution in [2.24, 2.45) is 12.8 Å². The summed E-state index contributed by atoms with van der Waals surface area (Å²) in [5.74, 6) is -0.967. The third kappa shape index (κ3) is 3.80. The highest BCUT2D eigenvalue weighted by molar-refractivity contribution is 5.96. The molecule has 2 aromatic rings. The number of hydrogen-bond acceptors (Lipinski definition) is 4. The van der Waals surface area contributed by atoms with Gasteiger partial charge in [-0.1, -0.05) is 26.0 Å². The van der Waals surface area contributed by atoms with Crippen LogP contribution in [0.25, 0.3) is 10.9 Å². The second-order valence-electron chi connectivity index (χ2n) is 6.04. The number of morpholine rings is 1. The molecule has 1 atom stereocenters. The number of nitrogens with two attached hydrogens (primary N) is 1. The van der Waals surface area contributed by atoms with E-state index in [1.54, 1.807) is 0 Å². The fourth-order valence-electron chi connectivity index (χ4n) is 3.32. The first-order chi connectivity index (χ1) is 12.0. The zero-order valence-corrected chi connectivity index (χ0v) is 15.6. The molecule has 0 spiro atoms. The maximum Gasteiger partial charge on any atom is 0.320 e. The van der Waals surface area contributed by atoms with Crippen molar-refractivity contribution < 1.29 is 14.6 Å². The van der Waals surface area contributed by atoms with Crippen molar-refractivity contribution in [3.8, 4) is 0 Å². The maximum atomic E-state index is 11.1. The minimum atomic E-state index is -0.967. The summed E-state index contributed by atoms with van der Waals surface area (Å²) in [5.41, 5.74) is 10.2. The minimum Gasteiger partial charge on any atom is -0.480 e. The molecule has 3 N–H and O–H groups in total. The molecule has 1 saturated heterocycles. The zero-order valence-electron chi connectivity index (χ0n) is 15.6. The number of rotatable bonds is 4. The number of benzene rings is 1. The molecule has 1 aliphatic rings. The fraction of sp³-hybridized carbons (Fsp3) is 0.526. The van der Waals surface area contributed by atoms with E-state index in [0.29, 0.717) is 6.42 Å². The quantitative estimate of drug-likeness (QED) is 0.887. The van der Waals surface area contributed by atoms with E-state index in [1.807, 2.05) is 33.9 Å². The lowest BCUT2D eigenvalue weighted by molar-refractivity contribution is -0.138. The van der Waals surface area contributed by atoms with Gasteiger partial charge in [-0.3, -0.25) is 4.79 Å². The Morgan fingerprint density at radius 3 is 2.56 bits per heavy atom. The molecule has 0 amide bonds. The van der Waals surface area contributed by atoms with Crippen molar-refractivity contribution in [3.63, 3.8) is 0 Å². The van der Waals surface area contributed by atoms with Gasteiger partial charge in [0, 0.05) is 37.6 Å². The lowest BCUT2D eigenvalue weighted by atomic mass is 10.0. The highest BCUT2D eigenvalue weighted by atomic mass is 16.5. The van der Waals surface area contributed by atoms with Gasteiger partial charge in [-0.2, -0.15) is 0 Å². The van der Waals surface area contributed by atoms with Crippen molar-refractivity contribution in [1.29, 1.82) is 0 Å². The monoisotopic (exact) mass is 347 g/mol. The van der Waals surface area contributed by atoms with E-state index < -0.39 is 12.0 Å². The van der Waals surface area contributed by atoms with E-state index in [-0.39, 0.29) is 0 Å². The van der Waals surface area contributed by atoms with E-state index in [0.717, 1.165) is 48.5 Å². The standard InChI is InChI=1S/C17H23N3O3.C2H6/c1-11-13(10-14(18)17(21)22)12-4-3-5-15(16(12)19(11)2)20-6-8-23-9-7-20;1-2/h3-5,14H,6-10,18H2,1-2H3,(H,21,22);1-2H3. The number of carboxylic acid groups (broad SMARTS) is 1. The summed E-state index contributed by atoms with van der Waals surface area (Å²) >= 11 is 0. The van der Waals surface area contributed by atoms with E-state index in [9.17, 15) is 4.79 Å². The summed E-state index contributed by atoms with van der Waals surface area (Å²) in [6.45, 7) is 9.22. The third-order valence-electron chi connectivity index (χ3n) is 4.71. The van der Waals surface area contributed by atoms with Crippen LogP contribution in [0.1, 0.15) is 25.1 Å². The molecule has 1 fully saturated rings. The summed E-state index contributed by atoms with van der Waals surface area (Å²) in [5, 5.41) is 10.2. The first-order valence-electron chi connectivity index (χ1n) is 8.88. The number of nitrogens with zero attached hydrogens (tertiary/aromatic N) is 2. The van der Waals surface area contributed by atoms with E-state index in [4.69, 9.17) is 15.6 Å². The second-order valence-corrected chi connectivity index (χ2v) is 6.04. The molecule has 138 valence electrons. The van der Waals surface area contributed by atoms with Crippen LogP contribution in [0.5, 0.6) is 0 Å². The van der Waals surface area contributed by atoms with Gasteiger partial charge in [-0.15, -0.1) is 0 Å². The topological polar surface area (TPSA) is 80.7 Å². The smallest absolute Gasteiger partial charge is 0.320 e. The molecule has 0 aliphatic carbocycles.